The van der Waals surface area contributed by atoms with Crippen LogP contribution in [0.5, 0.6) is 0 Å². The maximum absolute atomic E-state index is 11.4. The first-order valence-electron chi connectivity index (χ1n) is 6.83. The van der Waals surface area contributed by atoms with Crippen molar-refractivity contribution in [2.45, 2.75) is 32.2 Å². The fraction of sp³-hybridized carbons (Fsp3) is 0.294. The first kappa shape index (κ1) is 14.4. The number of rotatable bonds is 6. The summed E-state index contributed by atoms with van der Waals surface area (Å²) in [5.41, 5.74) is 10.5. The molecule has 2 N–H and O–H groups in total. The van der Waals surface area contributed by atoms with Crippen LogP contribution in [0.25, 0.3) is 0 Å². The maximum atomic E-state index is 11.4. The monoisotopic (exact) mass is 268 g/mol. The SMILES string of the molecule is C=CC(=O)C(N)Cc1ccc(C=NC(C)=C2CC2)cc1. The zero-order chi connectivity index (χ0) is 14.5. The Labute approximate surface area is 119 Å². The first-order valence-corrected chi connectivity index (χ1v) is 6.83. The van der Waals surface area contributed by atoms with E-state index in [1.165, 1.54) is 24.5 Å². The predicted octanol–water partition coefficient (Wildman–Crippen LogP) is 2.80. The van der Waals surface area contributed by atoms with Gasteiger partial charge in [-0.15, -0.1) is 0 Å². The highest BCUT2D eigenvalue weighted by Crippen LogP contribution is 2.31. The number of nitrogens with two attached hydrogens (primary N) is 1. The van der Waals surface area contributed by atoms with E-state index in [4.69, 9.17) is 5.73 Å². The summed E-state index contributed by atoms with van der Waals surface area (Å²) in [4.78, 5) is 15.8. The summed E-state index contributed by atoms with van der Waals surface area (Å²) in [5, 5.41) is 0. The molecule has 104 valence electrons. The van der Waals surface area contributed by atoms with Crippen LogP contribution in [0.15, 0.2) is 53.2 Å². The van der Waals surface area contributed by atoms with Gasteiger partial charge in [0, 0.05) is 11.9 Å². The fourth-order valence-corrected chi connectivity index (χ4v) is 1.93. The van der Waals surface area contributed by atoms with Gasteiger partial charge in [-0.3, -0.25) is 9.79 Å². The molecule has 0 radical (unpaired) electrons. The number of aliphatic imine (C=N–C) groups is 1. The van der Waals surface area contributed by atoms with E-state index in [0.29, 0.717) is 6.42 Å². The molecule has 1 aromatic rings. The molecule has 0 aliphatic heterocycles. The molecule has 1 aromatic carbocycles. The van der Waals surface area contributed by atoms with Gasteiger partial charge in [0.2, 0.25) is 0 Å². The number of nitrogens with zero attached hydrogens (tertiary/aromatic N) is 1. The van der Waals surface area contributed by atoms with E-state index >= 15 is 0 Å². The molecule has 3 nitrogen and oxygen atoms in total. The van der Waals surface area contributed by atoms with Gasteiger partial charge in [0.25, 0.3) is 0 Å². The van der Waals surface area contributed by atoms with E-state index in [2.05, 4.69) is 11.6 Å². The minimum Gasteiger partial charge on any atom is -0.321 e. The van der Waals surface area contributed by atoms with E-state index in [0.717, 1.165) is 16.8 Å². The number of hydrogen-bond donors (Lipinski definition) is 1. The lowest BCUT2D eigenvalue weighted by atomic mass is 10.0. The molecule has 1 unspecified atom stereocenters. The second kappa shape index (κ2) is 6.44. The molecule has 0 spiro atoms. The lowest BCUT2D eigenvalue weighted by Crippen LogP contribution is -2.31. The molecule has 1 saturated carbocycles. The van der Waals surface area contributed by atoms with Crippen molar-refractivity contribution in [2.75, 3.05) is 0 Å². The molecule has 0 saturated heterocycles. The second-order valence-corrected chi connectivity index (χ2v) is 5.11. The molecule has 20 heavy (non-hydrogen) atoms. The third-order valence-electron chi connectivity index (χ3n) is 3.42. The Balaban J connectivity index is 1.97. The van der Waals surface area contributed by atoms with Crippen molar-refractivity contribution in [3.8, 4) is 0 Å². The lowest BCUT2D eigenvalue weighted by Gasteiger charge is -2.07. The number of ketones is 1. The maximum Gasteiger partial charge on any atom is 0.172 e. The van der Waals surface area contributed by atoms with Crippen LogP contribution in [0.2, 0.25) is 0 Å². The number of carbonyl (C=O) groups excluding carboxylic acids is 1. The summed E-state index contributed by atoms with van der Waals surface area (Å²) in [5.74, 6) is -0.123. The molecule has 1 atom stereocenters. The highest BCUT2D eigenvalue weighted by molar-refractivity contribution is 5.93. The number of carbonyl (C=O) groups is 1. The van der Waals surface area contributed by atoms with Gasteiger partial charge in [0.1, 0.15) is 0 Å². The molecule has 1 fully saturated rings. The summed E-state index contributed by atoms with van der Waals surface area (Å²) in [6.45, 7) is 5.49. The molecule has 0 heterocycles. The van der Waals surface area contributed by atoms with Crippen molar-refractivity contribution in [3.05, 3.63) is 59.3 Å². The predicted molar refractivity (Wildman–Crippen MR) is 82.9 cm³/mol. The third kappa shape index (κ3) is 4.00. The zero-order valence-electron chi connectivity index (χ0n) is 11.8. The Morgan fingerprint density at radius 1 is 1.40 bits per heavy atom. The average Bonchev–Trinajstić information content (AvgIpc) is 3.30. The van der Waals surface area contributed by atoms with Crippen LogP contribution >= 0.6 is 0 Å². The summed E-state index contributed by atoms with van der Waals surface area (Å²) in [6, 6.07) is 7.45. The minimum atomic E-state index is -0.506. The molecular weight excluding hydrogens is 248 g/mol. The van der Waals surface area contributed by atoms with Gasteiger partial charge in [0.15, 0.2) is 5.78 Å². The largest absolute Gasteiger partial charge is 0.321 e. The van der Waals surface area contributed by atoms with Crippen LogP contribution in [-0.4, -0.2) is 18.0 Å². The highest BCUT2D eigenvalue weighted by Gasteiger charge is 2.13. The van der Waals surface area contributed by atoms with Crippen molar-refractivity contribution in [2.24, 2.45) is 10.7 Å². The van der Waals surface area contributed by atoms with Crippen molar-refractivity contribution < 1.29 is 4.79 Å². The van der Waals surface area contributed by atoms with Crippen molar-refractivity contribution >= 4 is 12.0 Å². The Morgan fingerprint density at radius 3 is 2.60 bits per heavy atom. The molecule has 0 amide bonds. The van der Waals surface area contributed by atoms with Gasteiger partial charge >= 0.3 is 0 Å². The van der Waals surface area contributed by atoms with Gasteiger partial charge in [-0.1, -0.05) is 30.8 Å². The normalized spacial score (nSPS) is 15.2. The lowest BCUT2D eigenvalue weighted by molar-refractivity contribution is -0.115. The molecule has 3 heteroatoms. The summed E-state index contributed by atoms with van der Waals surface area (Å²) in [7, 11) is 0. The van der Waals surface area contributed by atoms with Crippen molar-refractivity contribution in [1.82, 2.24) is 0 Å². The van der Waals surface area contributed by atoms with Crippen LogP contribution in [0, 0.1) is 0 Å². The average molecular weight is 268 g/mol. The number of benzene rings is 1. The van der Waals surface area contributed by atoms with Crippen LogP contribution in [-0.2, 0) is 11.2 Å². The summed E-state index contributed by atoms with van der Waals surface area (Å²) in [6.07, 6.45) is 6.07. The number of hydrogen-bond acceptors (Lipinski definition) is 3. The van der Waals surface area contributed by atoms with Gasteiger partial charge in [-0.05, 0) is 49.0 Å². The molecule has 2 rings (SSSR count). The summed E-state index contributed by atoms with van der Waals surface area (Å²) < 4.78 is 0. The van der Waals surface area contributed by atoms with Gasteiger partial charge in [0.05, 0.1) is 6.04 Å². The molecule has 0 bridgehead atoms. The van der Waals surface area contributed by atoms with Gasteiger partial charge in [-0.2, -0.15) is 0 Å². The highest BCUT2D eigenvalue weighted by atomic mass is 16.1. The minimum absolute atomic E-state index is 0.123. The fourth-order valence-electron chi connectivity index (χ4n) is 1.93. The Morgan fingerprint density at radius 2 is 2.05 bits per heavy atom. The van der Waals surface area contributed by atoms with E-state index in [9.17, 15) is 4.79 Å². The first-order chi connectivity index (χ1) is 9.60. The summed E-state index contributed by atoms with van der Waals surface area (Å²) >= 11 is 0. The smallest absolute Gasteiger partial charge is 0.172 e. The van der Waals surface area contributed by atoms with E-state index in [1.807, 2.05) is 37.4 Å². The molecule has 1 aliphatic rings. The van der Waals surface area contributed by atoms with E-state index in [1.54, 1.807) is 0 Å². The van der Waals surface area contributed by atoms with Crippen molar-refractivity contribution in [1.29, 1.82) is 0 Å². The van der Waals surface area contributed by atoms with Crippen LogP contribution in [0.3, 0.4) is 0 Å². The molecule has 0 aromatic heterocycles. The number of allylic oxidation sites excluding steroid dienone is 2. The standard InChI is InChI=1S/C17H20N2O/c1-3-17(20)16(18)10-13-4-6-14(7-5-13)11-19-12(2)15-8-9-15/h3-7,11,16H,1,8-10,18H2,2H3. The van der Waals surface area contributed by atoms with Crippen LogP contribution in [0.4, 0.5) is 0 Å². The Bertz CT molecular complexity index is 561. The second-order valence-electron chi connectivity index (χ2n) is 5.11. The van der Waals surface area contributed by atoms with E-state index in [-0.39, 0.29) is 5.78 Å². The topological polar surface area (TPSA) is 55.5 Å². The quantitative estimate of drug-likeness (QED) is 0.637. The van der Waals surface area contributed by atoms with Crippen LogP contribution in [0.1, 0.15) is 30.9 Å². The van der Waals surface area contributed by atoms with E-state index < -0.39 is 6.04 Å². The molecule has 1 aliphatic carbocycles. The zero-order valence-corrected chi connectivity index (χ0v) is 11.8. The Hall–Kier alpha value is -2.00. The third-order valence-corrected chi connectivity index (χ3v) is 3.42. The van der Waals surface area contributed by atoms with Gasteiger partial charge in [-0.25, -0.2) is 0 Å². The Kier molecular flexibility index (Phi) is 4.64. The van der Waals surface area contributed by atoms with Crippen LogP contribution < -0.4 is 5.73 Å². The molecular formula is C17H20N2O. The van der Waals surface area contributed by atoms with Crippen molar-refractivity contribution in [3.63, 3.8) is 0 Å². The van der Waals surface area contributed by atoms with Gasteiger partial charge < -0.3 is 5.73 Å².